The van der Waals surface area contributed by atoms with E-state index >= 15 is 0 Å². The van der Waals surface area contributed by atoms with Crippen LogP contribution in [0.3, 0.4) is 0 Å². The maximum Gasteiger partial charge on any atom is 0.248 e. The molecular formula is C21H27N3O3. The van der Waals surface area contributed by atoms with Crippen LogP contribution in [0.5, 0.6) is 5.75 Å². The lowest BCUT2D eigenvalue weighted by Gasteiger charge is -2.32. The molecule has 1 fully saturated rings. The normalized spacial score (nSPS) is 15.6. The van der Waals surface area contributed by atoms with Crippen LogP contribution >= 0.6 is 0 Å². The summed E-state index contributed by atoms with van der Waals surface area (Å²) in [5, 5.41) is 0. The smallest absolute Gasteiger partial charge is 0.248 e. The molecule has 0 radical (unpaired) electrons. The van der Waals surface area contributed by atoms with Gasteiger partial charge in [0.15, 0.2) is 0 Å². The number of nitrogens with two attached hydrogens (primary N) is 1. The van der Waals surface area contributed by atoms with Gasteiger partial charge in [-0.15, -0.1) is 0 Å². The Labute approximate surface area is 159 Å². The van der Waals surface area contributed by atoms with Crippen LogP contribution in [-0.4, -0.2) is 42.0 Å². The minimum atomic E-state index is -0.425. The molecule has 6 heteroatoms. The summed E-state index contributed by atoms with van der Waals surface area (Å²) in [5.74, 6) is 1.03. The molecule has 2 heterocycles. The molecule has 3 N–H and O–H groups in total. The lowest BCUT2D eigenvalue weighted by atomic mass is 9.91. The fourth-order valence-electron chi connectivity index (χ4n) is 3.51. The first-order chi connectivity index (χ1) is 13.1. The summed E-state index contributed by atoms with van der Waals surface area (Å²) in [6.45, 7) is 3.92. The SMILES string of the molecule is NC(=O)c1ccc(OCCCN2CCC(Cc3ccc(=O)[nH]c3)CC2)cc1. The van der Waals surface area contributed by atoms with Crippen LogP contribution in [-0.2, 0) is 6.42 Å². The molecule has 0 unspecified atom stereocenters. The number of nitrogens with one attached hydrogen (secondary N) is 1. The lowest BCUT2D eigenvalue weighted by Crippen LogP contribution is -2.35. The number of primary amides is 1. The van der Waals surface area contributed by atoms with E-state index in [1.54, 1.807) is 30.3 Å². The van der Waals surface area contributed by atoms with E-state index in [4.69, 9.17) is 10.5 Å². The fourth-order valence-corrected chi connectivity index (χ4v) is 3.51. The zero-order valence-corrected chi connectivity index (χ0v) is 15.5. The lowest BCUT2D eigenvalue weighted by molar-refractivity contribution is 0.100. The number of carbonyl (C=O) groups is 1. The number of pyridine rings is 1. The van der Waals surface area contributed by atoms with Gasteiger partial charge in [0.2, 0.25) is 11.5 Å². The van der Waals surface area contributed by atoms with Crippen LogP contribution in [0.1, 0.15) is 35.2 Å². The van der Waals surface area contributed by atoms with Gasteiger partial charge in [-0.2, -0.15) is 0 Å². The molecule has 0 saturated carbocycles. The average Bonchev–Trinajstić information content (AvgIpc) is 2.68. The Kier molecular flexibility index (Phi) is 6.65. The summed E-state index contributed by atoms with van der Waals surface area (Å²) < 4.78 is 5.73. The Bertz CT molecular complexity index is 773. The van der Waals surface area contributed by atoms with Gasteiger partial charge in [0.25, 0.3) is 0 Å². The van der Waals surface area contributed by atoms with Crippen LogP contribution in [0.25, 0.3) is 0 Å². The zero-order valence-electron chi connectivity index (χ0n) is 15.5. The van der Waals surface area contributed by atoms with Crippen LogP contribution in [0.4, 0.5) is 0 Å². The van der Waals surface area contributed by atoms with Crippen LogP contribution in [0.2, 0.25) is 0 Å². The average molecular weight is 369 g/mol. The number of aromatic nitrogens is 1. The van der Waals surface area contributed by atoms with Crippen molar-refractivity contribution in [1.82, 2.24) is 9.88 Å². The third-order valence-corrected chi connectivity index (χ3v) is 5.11. The number of nitrogens with zero attached hydrogens (tertiary/aromatic N) is 1. The van der Waals surface area contributed by atoms with Gasteiger partial charge in [-0.1, -0.05) is 6.07 Å². The second-order valence-corrected chi connectivity index (χ2v) is 7.14. The summed E-state index contributed by atoms with van der Waals surface area (Å²) >= 11 is 0. The highest BCUT2D eigenvalue weighted by Gasteiger charge is 2.19. The third-order valence-electron chi connectivity index (χ3n) is 5.11. The summed E-state index contributed by atoms with van der Waals surface area (Å²) in [7, 11) is 0. The predicted molar refractivity (Wildman–Crippen MR) is 105 cm³/mol. The number of rotatable bonds is 8. The standard InChI is InChI=1S/C21H27N3O3/c22-21(26)18-3-5-19(6-4-18)27-13-1-10-24-11-8-16(9-12-24)14-17-2-7-20(25)23-15-17/h2-7,15-16H,1,8-14H2,(H2,22,26)(H,23,25). The van der Waals surface area contributed by atoms with Gasteiger partial charge < -0.3 is 20.4 Å². The number of amides is 1. The predicted octanol–water partition coefficient (Wildman–Crippen LogP) is 2.20. The highest BCUT2D eigenvalue weighted by atomic mass is 16.5. The molecule has 27 heavy (non-hydrogen) atoms. The monoisotopic (exact) mass is 369 g/mol. The van der Waals surface area contributed by atoms with E-state index in [1.807, 2.05) is 12.3 Å². The molecule has 0 spiro atoms. The summed E-state index contributed by atoms with van der Waals surface area (Å²) in [4.78, 5) is 27.4. The summed E-state index contributed by atoms with van der Waals surface area (Å²) in [6, 6.07) is 10.5. The van der Waals surface area contributed by atoms with Crippen molar-refractivity contribution in [2.75, 3.05) is 26.2 Å². The fraction of sp³-hybridized carbons (Fsp3) is 0.429. The number of H-pyrrole nitrogens is 1. The van der Waals surface area contributed by atoms with Gasteiger partial charge >= 0.3 is 0 Å². The van der Waals surface area contributed by atoms with Crippen molar-refractivity contribution in [3.8, 4) is 5.75 Å². The van der Waals surface area contributed by atoms with E-state index in [-0.39, 0.29) is 5.56 Å². The number of ether oxygens (including phenoxy) is 1. The number of hydrogen-bond acceptors (Lipinski definition) is 4. The molecular weight excluding hydrogens is 342 g/mol. The number of hydrogen-bond donors (Lipinski definition) is 2. The summed E-state index contributed by atoms with van der Waals surface area (Å²) in [5.41, 5.74) is 6.89. The van der Waals surface area contributed by atoms with Crippen LogP contribution in [0, 0.1) is 5.92 Å². The largest absolute Gasteiger partial charge is 0.494 e. The number of carbonyl (C=O) groups excluding carboxylic acids is 1. The maximum atomic E-state index is 11.1. The molecule has 1 aliphatic rings. The van der Waals surface area contributed by atoms with E-state index in [0.717, 1.165) is 38.2 Å². The van der Waals surface area contributed by atoms with Gasteiger partial charge in [-0.3, -0.25) is 9.59 Å². The Balaban J connectivity index is 1.32. The molecule has 1 saturated heterocycles. The van der Waals surface area contributed by atoms with Crippen molar-refractivity contribution in [2.24, 2.45) is 11.7 Å². The molecule has 1 aliphatic heterocycles. The van der Waals surface area contributed by atoms with Gasteiger partial charge in [0.05, 0.1) is 6.61 Å². The van der Waals surface area contributed by atoms with E-state index in [0.29, 0.717) is 18.1 Å². The Morgan fingerprint density at radius 2 is 1.89 bits per heavy atom. The first-order valence-electron chi connectivity index (χ1n) is 9.53. The molecule has 0 atom stereocenters. The van der Waals surface area contributed by atoms with Crippen molar-refractivity contribution >= 4 is 5.91 Å². The van der Waals surface area contributed by atoms with E-state index in [1.165, 1.54) is 18.4 Å². The first-order valence-corrected chi connectivity index (χ1v) is 9.53. The number of aromatic amines is 1. The minimum Gasteiger partial charge on any atom is -0.494 e. The Morgan fingerprint density at radius 1 is 1.15 bits per heavy atom. The maximum absolute atomic E-state index is 11.1. The van der Waals surface area contributed by atoms with Crippen molar-refractivity contribution in [2.45, 2.75) is 25.7 Å². The number of piperidine rings is 1. The quantitative estimate of drug-likeness (QED) is 0.698. The highest BCUT2D eigenvalue weighted by molar-refractivity contribution is 5.92. The minimum absolute atomic E-state index is 0.0420. The van der Waals surface area contributed by atoms with Crippen LogP contribution in [0.15, 0.2) is 47.4 Å². The van der Waals surface area contributed by atoms with Crippen molar-refractivity contribution < 1.29 is 9.53 Å². The van der Waals surface area contributed by atoms with Gasteiger partial charge in [-0.05, 0) is 74.5 Å². The topological polar surface area (TPSA) is 88.4 Å². The van der Waals surface area contributed by atoms with Gasteiger partial charge in [-0.25, -0.2) is 0 Å². The number of likely N-dealkylation sites (tertiary alicyclic amines) is 1. The zero-order chi connectivity index (χ0) is 19.1. The molecule has 1 aromatic heterocycles. The molecule has 6 nitrogen and oxygen atoms in total. The second-order valence-electron chi connectivity index (χ2n) is 7.14. The van der Waals surface area contributed by atoms with Crippen molar-refractivity contribution in [3.05, 3.63) is 64.1 Å². The highest BCUT2D eigenvalue weighted by Crippen LogP contribution is 2.21. The molecule has 3 rings (SSSR count). The summed E-state index contributed by atoms with van der Waals surface area (Å²) in [6.07, 6.45) is 6.22. The molecule has 0 aliphatic carbocycles. The molecule has 0 bridgehead atoms. The molecule has 1 amide bonds. The van der Waals surface area contributed by atoms with E-state index < -0.39 is 5.91 Å². The third kappa shape index (κ3) is 5.96. The molecule has 144 valence electrons. The van der Waals surface area contributed by atoms with Crippen LogP contribution < -0.4 is 16.0 Å². The second kappa shape index (κ2) is 9.37. The Morgan fingerprint density at radius 3 is 2.52 bits per heavy atom. The van der Waals surface area contributed by atoms with Gasteiger partial charge in [0.1, 0.15) is 5.75 Å². The number of benzene rings is 1. The van der Waals surface area contributed by atoms with E-state index in [9.17, 15) is 9.59 Å². The van der Waals surface area contributed by atoms with E-state index in [2.05, 4.69) is 9.88 Å². The van der Waals surface area contributed by atoms with Crippen molar-refractivity contribution in [3.63, 3.8) is 0 Å². The molecule has 1 aromatic carbocycles. The first kappa shape index (κ1) is 19.2. The molecule has 2 aromatic rings. The van der Waals surface area contributed by atoms with Crippen molar-refractivity contribution in [1.29, 1.82) is 0 Å². The van der Waals surface area contributed by atoms with Gasteiger partial charge in [0, 0.05) is 24.4 Å². The Hall–Kier alpha value is -2.60.